The molecular formula is C15H14AsNO. The molecule has 90 valence electrons. The van der Waals surface area contributed by atoms with Crippen LogP contribution in [0.1, 0.15) is 16.7 Å². The van der Waals surface area contributed by atoms with E-state index in [2.05, 4.69) is 18.2 Å². The molecule has 0 aromatic heterocycles. The maximum absolute atomic E-state index is 9.00. The molecule has 2 aromatic carbocycles. The van der Waals surface area contributed by atoms with Crippen LogP contribution in [0.3, 0.4) is 0 Å². The summed E-state index contributed by atoms with van der Waals surface area (Å²) in [6.07, 6.45) is 0. The topological polar surface area (TPSA) is 33.0 Å². The Labute approximate surface area is 116 Å². The van der Waals surface area contributed by atoms with Crippen LogP contribution < -0.4 is 9.09 Å². The van der Waals surface area contributed by atoms with Crippen LogP contribution in [0.25, 0.3) is 0 Å². The number of nitriles is 1. The van der Waals surface area contributed by atoms with Gasteiger partial charge in [0.05, 0.1) is 0 Å². The summed E-state index contributed by atoms with van der Waals surface area (Å²) in [6.45, 7) is 2.47. The number of ether oxygens (including phenoxy) is 1. The normalized spacial score (nSPS) is 9.83. The molecule has 0 N–H and O–H groups in total. The second-order valence-electron chi connectivity index (χ2n) is 4.08. The third-order valence-electron chi connectivity index (χ3n) is 2.72. The van der Waals surface area contributed by atoms with Gasteiger partial charge >= 0.3 is 116 Å². The number of benzene rings is 2. The summed E-state index contributed by atoms with van der Waals surface area (Å²) in [5.41, 5.74) is 2.72. The van der Waals surface area contributed by atoms with E-state index in [1.807, 2.05) is 37.3 Å². The number of aryl methyl sites for hydroxylation is 1. The van der Waals surface area contributed by atoms with E-state index in [0.29, 0.717) is 12.2 Å². The van der Waals surface area contributed by atoms with E-state index in [9.17, 15) is 0 Å². The first kappa shape index (κ1) is 12.7. The van der Waals surface area contributed by atoms with Crippen molar-refractivity contribution in [2.75, 3.05) is 0 Å². The molecular weight excluding hydrogens is 285 g/mol. The van der Waals surface area contributed by atoms with Crippen molar-refractivity contribution in [3.05, 3.63) is 59.2 Å². The van der Waals surface area contributed by atoms with Crippen molar-refractivity contribution in [2.24, 2.45) is 0 Å². The van der Waals surface area contributed by atoms with E-state index in [0.717, 1.165) is 16.9 Å². The SMILES string of the molecule is Cc1cc([AsH2])ccc1OCc1ccccc1C#N. The molecule has 0 saturated heterocycles. The second kappa shape index (κ2) is 5.76. The molecule has 0 saturated carbocycles. The molecule has 0 spiro atoms. The fraction of sp³-hybridized carbons (Fsp3) is 0.133. The molecule has 0 bridgehead atoms. The molecule has 0 radical (unpaired) electrons. The molecule has 0 aliphatic rings. The number of hydrogen-bond acceptors (Lipinski definition) is 2. The van der Waals surface area contributed by atoms with Crippen molar-refractivity contribution in [2.45, 2.75) is 13.5 Å². The van der Waals surface area contributed by atoms with E-state index >= 15 is 0 Å². The molecule has 18 heavy (non-hydrogen) atoms. The van der Waals surface area contributed by atoms with E-state index in [-0.39, 0.29) is 0 Å². The van der Waals surface area contributed by atoms with Gasteiger partial charge in [-0.15, -0.1) is 0 Å². The molecule has 1 unspecified atom stereocenters. The van der Waals surface area contributed by atoms with Crippen LogP contribution in [0.2, 0.25) is 0 Å². The first-order valence-corrected chi connectivity index (χ1v) is 6.89. The Morgan fingerprint density at radius 1 is 1.22 bits per heavy atom. The first-order valence-electron chi connectivity index (χ1n) is 5.67. The van der Waals surface area contributed by atoms with Gasteiger partial charge in [-0.1, -0.05) is 0 Å². The van der Waals surface area contributed by atoms with Gasteiger partial charge in [-0.2, -0.15) is 0 Å². The minimum atomic E-state index is 0.429. The Hall–Kier alpha value is -1.71. The third-order valence-corrected chi connectivity index (χ3v) is 3.47. The first-order chi connectivity index (χ1) is 8.70. The summed E-state index contributed by atoms with van der Waals surface area (Å²) in [5.74, 6) is 0.879. The van der Waals surface area contributed by atoms with Crippen molar-refractivity contribution in [3.63, 3.8) is 0 Å². The van der Waals surface area contributed by atoms with Crippen LogP contribution in [-0.4, -0.2) is 16.9 Å². The number of nitrogens with zero attached hydrogens (tertiary/aromatic N) is 1. The zero-order valence-electron chi connectivity index (χ0n) is 10.2. The molecule has 2 nitrogen and oxygen atoms in total. The van der Waals surface area contributed by atoms with Gasteiger partial charge in [0.2, 0.25) is 0 Å². The van der Waals surface area contributed by atoms with Crippen molar-refractivity contribution >= 4 is 21.2 Å². The van der Waals surface area contributed by atoms with Gasteiger partial charge < -0.3 is 0 Å². The number of rotatable bonds is 3. The molecule has 1 atom stereocenters. The maximum atomic E-state index is 9.00. The fourth-order valence-corrected chi connectivity index (χ4v) is 2.47. The summed E-state index contributed by atoms with van der Waals surface area (Å²) in [4.78, 5) is 0. The molecule has 0 heterocycles. The second-order valence-corrected chi connectivity index (χ2v) is 5.48. The molecule has 0 amide bonds. The molecule has 3 heteroatoms. The Kier molecular flexibility index (Phi) is 4.07. The third kappa shape index (κ3) is 2.94. The van der Waals surface area contributed by atoms with Crippen molar-refractivity contribution in [1.82, 2.24) is 0 Å². The minimum absolute atomic E-state index is 0.429. The van der Waals surface area contributed by atoms with Gasteiger partial charge in [-0.05, 0) is 0 Å². The zero-order chi connectivity index (χ0) is 13.0. The number of hydrogen-bond donors (Lipinski definition) is 0. The molecule has 0 aliphatic heterocycles. The van der Waals surface area contributed by atoms with Gasteiger partial charge in [0.25, 0.3) is 0 Å². The zero-order valence-corrected chi connectivity index (χ0v) is 12.6. The standard InChI is InChI=1S/C15H14AsNO/c1-11-8-14(16)6-7-15(11)18-10-13-5-3-2-4-12(13)9-17/h2-8H,10,16H2,1H3. The average molecular weight is 299 g/mol. The van der Waals surface area contributed by atoms with E-state index < -0.39 is 0 Å². The quantitative estimate of drug-likeness (QED) is 0.808. The monoisotopic (exact) mass is 299 g/mol. The van der Waals surface area contributed by atoms with Crippen molar-refractivity contribution in [1.29, 1.82) is 5.26 Å². The van der Waals surface area contributed by atoms with Gasteiger partial charge in [0, 0.05) is 0 Å². The van der Waals surface area contributed by atoms with Crippen LogP contribution in [0.15, 0.2) is 42.5 Å². The van der Waals surface area contributed by atoms with Crippen molar-refractivity contribution < 1.29 is 4.74 Å². The summed E-state index contributed by atoms with van der Waals surface area (Å²) in [6, 6.07) is 15.8. The Balaban J connectivity index is 2.14. The summed E-state index contributed by atoms with van der Waals surface area (Å²) in [5, 5.41) is 9.00. The summed E-state index contributed by atoms with van der Waals surface area (Å²) < 4.78 is 7.06. The molecule has 0 fully saturated rings. The van der Waals surface area contributed by atoms with Crippen LogP contribution in [-0.2, 0) is 6.61 Å². The molecule has 2 rings (SSSR count). The predicted octanol–water partition coefficient (Wildman–Crippen LogP) is 1.70. The van der Waals surface area contributed by atoms with Gasteiger partial charge in [0.15, 0.2) is 0 Å². The van der Waals surface area contributed by atoms with Gasteiger partial charge in [-0.25, -0.2) is 0 Å². The average Bonchev–Trinajstić information content (AvgIpc) is 2.38. The summed E-state index contributed by atoms with van der Waals surface area (Å²) in [7, 11) is 0. The van der Waals surface area contributed by atoms with Crippen LogP contribution in [0.4, 0.5) is 0 Å². The Morgan fingerprint density at radius 3 is 2.72 bits per heavy atom. The van der Waals surface area contributed by atoms with E-state index in [1.54, 1.807) is 16.9 Å². The fourth-order valence-electron chi connectivity index (χ4n) is 1.75. The molecule has 0 aliphatic carbocycles. The molecule has 2 aromatic rings. The van der Waals surface area contributed by atoms with Gasteiger partial charge in [-0.3, -0.25) is 0 Å². The van der Waals surface area contributed by atoms with Crippen LogP contribution >= 0.6 is 0 Å². The Bertz CT molecular complexity index is 602. The van der Waals surface area contributed by atoms with Crippen LogP contribution in [0, 0.1) is 18.3 Å². The van der Waals surface area contributed by atoms with Gasteiger partial charge in [0.1, 0.15) is 0 Å². The van der Waals surface area contributed by atoms with E-state index in [4.69, 9.17) is 10.00 Å². The van der Waals surface area contributed by atoms with Crippen LogP contribution in [0.5, 0.6) is 5.75 Å². The predicted molar refractivity (Wildman–Crippen MR) is 74.8 cm³/mol. The Morgan fingerprint density at radius 2 is 2.00 bits per heavy atom. The van der Waals surface area contributed by atoms with E-state index in [1.165, 1.54) is 4.35 Å². The van der Waals surface area contributed by atoms with Crippen molar-refractivity contribution in [3.8, 4) is 11.8 Å². The summed E-state index contributed by atoms with van der Waals surface area (Å²) >= 11 is 1.60.